The monoisotopic (exact) mass is 318 g/mol. The summed E-state index contributed by atoms with van der Waals surface area (Å²) >= 11 is 0. The van der Waals surface area contributed by atoms with E-state index in [4.69, 9.17) is 4.42 Å². The van der Waals surface area contributed by atoms with E-state index in [0.717, 1.165) is 12.8 Å². The average molecular weight is 318 g/mol. The second-order valence-corrected chi connectivity index (χ2v) is 6.50. The van der Waals surface area contributed by atoms with Crippen molar-refractivity contribution < 1.29 is 14.3 Å². The molecular weight excluding hydrogens is 296 g/mol. The van der Waals surface area contributed by atoms with E-state index in [0.29, 0.717) is 28.7 Å². The average Bonchev–Trinajstić information content (AvgIpc) is 3.27. The summed E-state index contributed by atoms with van der Waals surface area (Å²) in [5.74, 6) is 0.346. The zero-order chi connectivity index (χ0) is 16.6. The number of urea groups is 1. The number of carbonyl (C=O) groups excluding carboxylic acids is 1. The summed E-state index contributed by atoms with van der Waals surface area (Å²) in [7, 11) is 3.70. The maximum atomic E-state index is 12.2. The molecule has 3 N–H and O–H groups in total. The standard InChI is InChI=1S/C16H22N4O3/c1-16(9-21,10-4-5-10)19-14(22)17-11-6-7-13-12(8-11)18-15(23-13)20(2)3/h6-8,10,21H,4-5,9H2,1-3H3,(H2,17,19,22). The molecule has 23 heavy (non-hydrogen) atoms. The van der Waals surface area contributed by atoms with Crippen molar-refractivity contribution in [3.8, 4) is 0 Å². The Morgan fingerprint density at radius 3 is 2.83 bits per heavy atom. The predicted molar refractivity (Wildman–Crippen MR) is 88.7 cm³/mol. The summed E-state index contributed by atoms with van der Waals surface area (Å²) in [6.45, 7) is 1.80. The van der Waals surface area contributed by atoms with E-state index < -0.39 is 5.54 Å². The maximum absolute atomic E-state index is 12.2. The highest BCUT2D eigenvalue weighted by molar-refractivity contribution is 5.92. The smallest absolute Gasteiger partial charge is 0.319 e. The van der Waals surface area contributed by atoms with Gasteiger partial charge in [-0.2, -0.15) is 4.98 Å². The van der Waals surface area contributed by atoms with Gasteiger partial charge in [0, 0.05) is 19.8 Å². The minimum Gasteiger partial charge on any atom is -0.423 e. The molecule has 1 heterocycles. The Bertz CT molecular complexity index is 723. The van der Waals surface area contributed by atoms with Crippen LogP contribution in [0, 0.1) is 5.92 Å². The molecule has 124 valence electrons. The maximum Gasteiger partial charge on any atom is 0.319 e. The number of hydrogen-bond donors (Lipinski definition) is 3. The summed E-state index contributed by atoms with van der Waals surface area (Å²) in [6.07, 6.45) is 2.07. The van der Waals surface area contributed by atoms with Crippen molar-refractivity contribution >= 4 is 28.8 Å². The largest absolute Gasteiger partial charge is 0.423 e. The molecule has 2 aromatic rings. The van der Waals surface area contributed by atoms with E-state index in [1.165, 1.54) is 0 Å². The fraction of sp³-hybridized carbons (Fsp3) is 0.500. The normalized spacial score (nSPS) is 16.9. The topological polar surface area (TPSA) is 90.6 Å². The summed E-state index contributed by atoms with van der Waals surface area (Å²) in [6, 6.07) is 5.49. The number of carbonyl (C=O) groups is 1. The lowest BCUT2D eigenvalue weighted by Gasteiger charge is -2.28. The zero-order valence-corrected chi connectivity index (χ0v) is 13.6. The van der Waals surface area contributed by atoms with E-state index in [-0.39, 0.29) is 12.6 Å². The molecule has 1 unspecified atom stereocenters. The third-order valence-corrected chi connectivity index (χ3v) is 4.22. The number of aliphatic hydroxyl groups is 1. The third-order valence-electron chi connectivity index (χ3n) is 4.22. The van der Waals surface area contributed by atoms with Crippen LogP contribution in [0.5, 0.6) is 0 Å². The first kappa shape index (κ1) is 15.6. The number of oxazole rings is 1. The molecule has 0 spiro atoms. The van der Waals surface area contributed by atoms with Crippen molar-refractivity contribution in [1.29, 1.82) is 0 Å². The number of nitrogens with zero attached hydrogens (tertiary/aromatic N) is 2. The van der Waals surface area contributed by atoms with Gasteiger partial charge < -0.3 is 25.1 Å². The van der Waals surface area contributed by atoms with Crippen LogP contribution in [0.1, 0.15) is 19.8 Å². The van der Waals surface area contributed by atoms with Gasteiger partial charge in [-0.1, -0.05) is 0 Å². The van der Waals surface area contributed by atoms with Crippen LogP contribution in [0.4, 0.5) is 16.5 Å². The van der Waals surface area contributed by atoms with E-state index in [1.54, 1.807) is 23.1 Å². The van der Waals surface area contributed by atoms with E-state index in [1.807, 2.05) is 21.0 Å². The van der Waals surface area contributed by atoms with Crippen LogP contribution in [0.15, 0.2) is 22.6 Å². The molecule has 1 aliphatic carbocycles. The molecule has 1 atom stereocenters. The SMILES string of the molecule is CN(C)c1nc2cc(NC(=O)NC(C)(CO)C3CC3)ccc2o1. The Hall–Kier alpha value is -2.28. The molecule has 1 aliphatic rings. The molecule has 7 nitrogen and oxygen atoms in total. The van der Waals surface area contributed by atoms with Crippen molar-refractivity contribution in [3.05, 3.63) is 18.2 Å². The van der Waals surface area contributed by atoms with Crippen LogP contribution < -0.4 is 15.5 Å². The third kappa shape index (κ3) is 3.24. The van der Waals surface area contributed by atoms with Crippen LogP contribution >= 0.6 is 0 Å². The molecule has 0 saturated heterocycles. The van der Waals surface area contributed by atoms with Crippen LogP contribution in [-0.2, 0) is 0 Å². The van der Waals surface area contributed by atoms with Gasteiger partial charge in [0.1, 0.15) is 5.52 Å². The van der Waals surface area contributed by atoms with E-state index in [9.17, 15) is 9.90 Å². The Balaban J connectivity index is 1.71. The highest BCUT2D eigenvalue weighted by Crippen LogP contribution is 2.39. The number of hydrogen-bond acceptors (Lipinski definition) is 5. The van der Waals surface area contributed by atoms with Crippen molar-refractivity contribution in [2.24, 2.45) is 5.92 Å². The van der Waals surface area contributed by atoms with Gasteiger partial charge in [-0.3, -0.25) is 0 Å². The van der Waals surface area contributed by atoms with Crippen LogP contribution in [-0.4, -0.2) is 42.4 Å². The molecule has 1 aromatic heterocycles. The highest BCUT2D eigenvalue weighted by atomic mass is 16.4. The number of anilines is 2. The first-order valence-electron chi connectivity index (χ1n) is 7.69. The van der Waals surface area contributed by atoms with E-state index in [2.05, 4.69) is 15.6 Å². The number of aromatic nitrogens is 1. The highest BCUT2D eigenvalue weighted by Gasteiger charge is 2.42. The number of aliphatic hydroxyl groups excluding tert-OH is 1. The van der Waals surface area contributed by atoms with Gasteiger partial charge in [0.15, 0.2) is 5.58 Å². The molecule has 2 amide bonds. The lowest BCUT2D eigenvalue weighted by molar-refractivity contribution is 0.159. The Labute approximate surface area is 134 Å². The van der Waals surface area contributed by atoms with Crippen molar-refractivity contribution in [2.45, 2.75) is 25.3 Å². The Morgan fingerprint density at radius 1 is 1.48 bits per heavy atom. The van der Waals surface area contributed by atoms with Gasteiger partial charge in [-0.25, -0.2) is 4.79 Å². The minimum absolute atomic E-state index is 0.0698. The van der Waals surface area contributed by atoms with Gasteiger partial charge in [-0.05, 0) is 43.9 Å². The second-order valence-electron chi connectivity index (χ2n) is 6.50. The first-order valence-corrected chi connectivity index (χ1v) is 7.69. The Kier molecular flexibility index (Phi) is 3.89. The van der Waals surface area contributed by atoms with Crippen molar-refractivity contribution in [1.82, 2.24) is 10.3 Å². The van der Waals surface area contributed by atoms with Crippen molar-refractivity contribution in [2.75, 3.05) is 30.9 Å². The number of rotatable bonds is 5. The fourth-order valence-corrected chi connectivity index (χ4v) is 2.60. The molecule has 1 aromatic carbocycles. The van der Waals surface area contributed by atoms with E-state index >= 15 is 0 Å². The summed E-state index contributed by atoms with van der Waals surface area (Å²) in [4.78, 5) is 18.3. The number of amides is 2. The van der Waals surface area contributed by atoms with Gasteiger partial charge in [0.2, 0.25) is 0 Å². The summed E-state index contributed by atoms with van der Waals surface area (Å²) in [5, 5.41) is 15.2. The molecular formula is C16H22N4O3. The van der Waals surface area contributed by atoms with Gasteiger partial charge >= 0.3 is 6.03 Å². The second kappa shape index (κ2) is 5.73. The molecule has 0 radical (unpaired) electrons. The number of nitrogens with one attached hydrogen (secondary N) is 2. The number of fused-ring (bicyclic) bond motifs is 1. The van der Waals surface area contributed by atoms with Crippen molar-refractivity contribution in [3.63, 3.8) is 0 Å². The Morgan fingerprint density at radius 2 is 2.22 bits per heavy atom. The molecule has 1 saturated carbocycles. The number of benzene rings is 1. The first-order chi connectivity index (χ1) is 10.9. The lowest BCUT2D eigenvalue weighted by Crippen LogP contribution is -2.52. The van der Waals surface area contributed by atoms with Crippen LogP contribution in [0.25, 0.3) is 11.1 Å². The molecule has 3 rings (SSSR count). The van der Waals surface area contributed by atoms with Gasteiger partial charge in [0.05, 0.1) is 12.1 Å². The van der Waals surface area contributed by atoms with Gasteiger partial charge in [0.25, 0.3) is 6.01 Å². The molecule has 1 fully saturated rings. The lowest BCUT2D eigenvalue weighted by atomic mass is 9.97. The molecule has 7 heteroatoms. The predicted octanol–water partition coefficient (Wildman–Crippen LogP) is 2.18. The van der Waals surface area contributed by atoms with Crippen LogP contribution in [0.2, 0.25) is 0 Å². The van der Waals surface area contributed by atoms with Gasteiger partial charge in [-0.15, -0.1) is 0 Å². The fourth-order valence-electron chi connectivity index (χ4n) is 2.60. The molecule has 0 aliphatic heterocycles. The molecule has 0 bridgehead atoms. The van der Waals surface area contributed by atoms with Crippen LogP contribution in [0.3, 0.4) is 0 Å². The quantitative estimate of drug-likeness (QED) is 0.786. The zero-order valence-electron chi connectivity index (χ0n) is 13.6. The summed E-state index contributed by atoms with van der Waals surface area (Å²) < 4.78 is 5.58. The minimum atomic E-state index is -0.569. The summed E-state index contributed by atoms with van der Waals surface area (Å²) in [5.41, 5.74) is 1.40.